The van der Waals surface area contributed by atoms with Crippen LogP contribution in [0.25, 0.3) is 11.0 Å². The fourth-order valence-electron chi connectivity index (χ4n) is 2.62. The van der Waals surface area contributed by atoms with Gasteiger partial charge in [-0.05, 0) is 56.2 Å². The lowest BCUT2D eigenvalue weighted by Gasteiger charge is -2.17. The van der Waals surface area contributed by atoms with Crippen LogP contribution in [0, 0.1) is 13.8 Å². The summed E-state index contributed by atoms with van der Waals surface area (Å²) in [7, 11) is 0. The summed E-state index contributed by atoms with van der Waals surface area (Å²) in [4.78, 5) is 36.7. The first-order chi connectivity index (χ1) is 13.8. The number of ether oxygens (including phenoxy) is 1. The van der Waals surface area contributed by atoms with Gasteiger partial charge < -0.3 is 9.15 Å². The van der Waals surface area contributed by atoms with E-state index in [0.717, 1.165) is 17.2 Å². The molecule has 0 bridgehead atoms. The Kier molecular flexibility index (Phi) is 5.89. The molecular formula is C21H19ClN2O5. The van der Waals surface area contributed by atoms with Gasteiger partial charge in [0.15, 0.2) is 17.3 Å². The Hall–Kier alpha value is -3.32. The average Bonchev–Trinajstić information content (AvgIpc) is 2.69. The monoisotopic (exact) mass is 414 g/mol. The van der Waals surface area contributed by atoms with Crippen molar-refractivity contribution in [3.05, 3.63) is 74.6 Å². The number of carbonyl (C=O) groups is 2. The van der Waals surface area contributed by atoms with Gasteiger partial charge in [0.2, 0.25) is 0 Å². The predicted octanol–water partition coefficient (Wildman–Crippen LogP) is 3.29. The molecule has 150 valence electrons. The highest BCUT2D eigenvalue weighted by molar-refractivity contribution is 6.31. The van der Waals surface area contributed by atoms with E-state index in [0.29, 0.717) is 10.8 Å². The zero-order chi connectivity index (χ0) is 21.1. The number of benzene rings is 2. The van der Waals surface area contributed by atoms with Gasteiger partial charge in [-0.2, -0.15) is 0 Å². The first-order valence-corrected chi connectivity index (χ1v) is 9.20. The smallest absolute Gasteiger partial charge is 0.305 e. The molecule has 0 spiro atoms. The minimum Gasteiger partial charge on any atom is -0.481 e. The highest BCUT2D eigenvalue weighted by Gasteiger charge is 2.18. The summed E-state index contributed by atoms with van der Waals surface area (Å²) in [6.45, 7) is 5.40. The minimum atomic E-state index is -0.860. The van der Waals surface area contributed by atoms with Crippen LogP contribution in [0.15, 0.2) is 51.7 Å². The van der Waals surface area contributed by atoms with E-state index < -0.39 is 23.3 Å². The number of rotatable bonds is 4. The van der Waals surface area contributed by atoms with Gasteiger partial charge in [-0.25, -0.2) is 0 Å². The molecule has 2 amide bonds. The first-order valence-electron chi connectivity index (χ1n) is 8.82. The van der Waals surface area contributed by atoms with Gasteiger partial charge >= 0.3 is 5.91 Å². The van der Waals surface area contributed by atoms with Gasteiger partial charge in [-0.15, -0.1) is 0 Å². The Morgan fingerprint density at radius 1 is 1.10 bits per heavy atom. The molecule has 3 rings (SSSR count). The maximum Gasteiger partial charge on any atom is 0.305 e. The van der Waals surface area contributed by atoms with Crippen LogP contribution in [0.1, 0.15) is 28.6 Å². The van der Waals surface area contributed by atoms with Crippen LogP contribution in [0.5, 0.6) is 5.75 Å². The molecule has 1 aromatic heterocycles. The van der Waals surface area contributed by atoms with E-state index in [4.69, 9.17) is 20.8 Å². The number of hydrogen-bond acceptors (Lipinski definition) is 5. The van der Waals surface area contributed by atoms with Crippen LogP contribution < -0.4 is 21.0 Å². The van der Waals surface area contributed by atoms with E-state index >= 15 is 0 Å². The third-order valence-corrected chi connectivity index (χ3v) is 4.68. The summed E-state index contributed by atoms with van der Waals surface area (Å²) in [5.74, 6) is -0.994. The minimum absolute atomic E-state index is 0.213. The second-order valence-electron chi connectivity index (χ2n) is 6.52. The molecule has 0 fully saturated rings. The highest BCUT2D eigenvalue weighted by atomic mass is 35.5. The summed E-state index contributed by atoms with van der Waals surface area (Å²) in [6, 6.07) is 11.1. The molecule has 0 radical (unpaired) electrons. The third kappa shape index (κ3) is 4.57. The van der Waals surface area contributed by atoms with E-state index in [9.17, 15) is 14.4 Å². The van der Waals surface area contributed by atoms with Gasteiger partial charge in [-0.3, -0.25) is 25.2 Å². The predicted molar refractivity (Wildman–Crippen MR) is 109 cm³/mol. The van der Waals surface area contributed by atoms with Crippen LogP contribution in [0.3, 0.4) is 0 Å². The van der Waals surface area contributed by atoms with Crippen molar-refractivity contribution in [2.75, 3.05) is 0 Å². The second-order valence-corrected chi connectivity index (χ2v) is 6.95. The van der Waals surface area contributed by atoms with Crippen molar-refractivity contribution in [1.82, 2.24) is 10.9 Å². The molecule has 2 aromatic carbocycles. The van der Waals surface area contributed by atoms with E-state index in [1.807, 2.05) is 26.0 Å². The number of hydrazine groups is 1. The molecule has 0 aliphatic carbocycles. The van der Waals surface area contributed by atoms with E-state index in [1.54, 1.807) is 19.1 Å². The van der Waals surface area contributed by atoms with Gasteiger partial charge in [0.25, 0.3) is 5.91 Å². The molecule has 8 heteroatoms. The van der Waals surface area contributed by atoms with Gasteiger partial charge in [-0.1, -0.05) is 23.7 Å². The molecule has 7 nitrogen and oxygen atoms in total. The Morgan fingerprint density at radius 2 is 1.86 bits per heavy atom. The molecule has 0 unspecified atom stereocenters. The van der Waals surface area contributed by atoms with E-state index in [-0.39, 0.29) is 16.7 Å². The Balaban J connectivity index is 1.66. The van der Waals surface area contributed by atoms with Crippen LogP contribution in [-0.4, -0.2) is 17.9 Å². The zero-order valence-corrected chi connectivity index (χ0v) is 16.8. The Bertz CT molecular complexity index is 1160. The van der Waals surface area contributed by atoms with Gasteiger partial charge in [0.05, 0.1) is 5.39 Å². The maximum absolute atomic E-state index is 12.3. The molecule has 3 aromatic rings. The zero-order valence-electron chi connectivity index (χ0n) is 16.0. The number of nitrogens with one attached hydrogen (secondary N) is 2. The molecule has 0 saturated carbocycles. The van der Waals surface area contributed by atoms with Crippen LogP contribution in [0.4, 0.5) is 0 Å². The highest BCUT2D eigenvalue weighted by Crippen LogP contribution is 2.21. The molecule has 1 heterocycles. The van der Waals surface area contributed by atoms with Crippen molar-refractivity contribution in [3.8, 4) is 5.75 Å². The maximum atomic E-state index is 12.3. The summed E-state index contributed by atoms with van der Waals surface area (Å²) in [5, 5.41) is 0.640. The summed E-state index contributed by atoms with van der Waals surface area (Å²) < 4.78 is 11.1. The quantitative estimate of drug-likeness (QED) is 0.638. The van der Waals surface area contributed by atoms with Gasteiger partial charge in [0.1, 0.15) is 11.3 Å². The molecule has 2 N–H and O–H groups in total. The molecule has 0 aliphatic rings. The molecule has 0 aliphatic heterocycles. The van der Waals surface area contributed by atoms with Crippen molar-refractivity contribution in [2.24, 2.45) is 0 Å². The number of halogens is 1. The fourth-order valence-corrected chi connectivity index (χ4v) is 2.79. The Morgan fingerprint density at radius 3 is 2.62 bits per heavy atom. The van der Waals surface area contributed by atoms with Crippen molar-refractivity contribution >= 4 is 34.4 Å². The van der Waals surface area contributed by atoms with Gasteiger partial charge in [0, 0.05) is 11.1 Å². The lowest BCUT2D eigenvalue weighted by molar-refractivity contribution is -0.128. The van der Waals surface area contributed by atoms with Crippen molar-refractivity contribution in [2.45, 2.75) is 26.9 Å². The number of hydrogen-bond donors (Lipinski definition) is 2. The number of aryl methyl sites for hydroxylation is 1. The van der Waals surface area contributed by atoms with Crippen molar-refractivity contribution < 1.29 is 18.7 Å². The van der Waals surface area contributed by atoms with E-state index in [2.05, 4.69) is 10.9 Å². The largest absolute Gasteiger partial charge is 0.481 e. The van der Waals surface area contributed by atoms with E-state index in [1.165, 1.54) is 12.1 Å². The second kappa shape index (κ2) is 8.36. The molecule has 1 atom stereocenters. The summed E-state index contributed by atoms with van der Waals surface area (Å²) >= 11 is 5.86. The normalized spacial score (nSPS) is 11.7. The molecule has 0 saturated heterocycles. The van der Waals surface area contributed by atoms with Crippen LogP contribution >= 0.6 is 11.6 Å². The lowest BCUT2D eigenvalue weighted by Crippen LogP contribution is -2.47. The first kappa shape index (κ1) is 20.4. The van der Waals surface area contributed by atoms with Crippen LogP contribution in [0.2, 0.25) is 5.02 Å². The molecular weight excluding hydrogens is 396 g/mol. The summed E-state index contributed by atoms with van der Waals surface area (Å²) in [6.07, 6.45) is -0.860. The van der Waals surface area contributed by atoms with Crippen molar-refractivity contribution in [3.63, 3.8) is 0 Å². The SMILES string of the molecule is Cc1cccc(O[C@@H](C)C(=O)NNC(=O)c2cc(=O)c3cc(Cl)ccc3o2)c1C. The number of carbonyl (C=O) groups excluding carboxylic acids is 2. The Labute approximate surface area is 171 Å². The van der Waals surface area contributed by atoms with Crippen molar-refractivity contribution in [1.29, 1.82) is 0 Å². The standard InChI is InChI=1S/C21H19ClN2O5/c1-11-5-4-6-17(12(11)2)28-13(3)20(26)23-24-21(27)19-10-16(25)15-9-14(22)7-8-18(15)29-19/h4-10,13H,1-3H3,(H,23,26)(H,24,27)/t13-/m0/s1. The fraction of sp³-hybridized carbons (Fsp3) is 0.190. The number of fused-ring (bicyclic) bond motifs is 1. The van der Waals surface area contributed by atoms with Crippen LogP contribution in [-0.2, 0) is 4.79 Å². The molecule has 29 heavy (non-hydrogen) atoms. The summed E-state index contributed by atoms with van der Waals surface area (Å²) in [5.41, 5.74) is 6.24. The lowest BCUT2D eigenvalue weighted by atomic mass is 10.1. The third-order valence-electron chi connectivity index (χ3n) is 4.44. The number of amides is 2. The topological polar surface area (TPSA) is 97.6 Å². The average molecular weight is 415 g/mol.